The molecule has 21 heavy (non-hydrogen) atoms. The number of alkyl halides is 1. The van der Waals surface area contributed by atoms with E-state index in [0.717, 1.165) is 28.4 Å². The number of hydrogen-bond acceptors (Lipinski definition) is 3. The summed E-state index contributed by atoms with van der Waals surface area (Å²) in [6.07, 6.45) is 0. The minimum atomic E-state index is -0.377. The van der Waals surface area contributed by atoms with E-state index >= 15 is 0 Å². The van der Waals surface area contributed by atoms with Crippen LogP contribution >= 0.6 is 11.6 Å². The van der Waals surface area contributed by atoms with Crippen LogP contribution in [0.4, 0.5) is 0 Å². The number of halogens is 1. The number of para-hydroxylation sites is 1. The van der Waals surface area contributed by atoms with Gasteiger partial charge in [-0.15, -0.1) is 11.6 Å². The fourth-order valence-electron chi connectivity index (χ4n) is 2.18. The van der Waals surface area contributed by atoms with Gasteiger partial charge in [0.15, 0.2) is 0 Å². The highest BCUT2D eigenvalue weighted by molar-refractivity contribution is 6.23. The van der Waals surface area contributed by atoms with Gasteiger partial charge in [0.1, 0.15) is 17.2 Å². The average molecular weight is 307 g/mol. The van der Waals surface area contributed by atoms with Crippen LogP contribution in [0.5, 0.6) is 17.2 Å². The molecule has 0 aliphatic heterocycles. The van der Waals surface area contributed by atoms with Crippen molar-refractivity contribution in [1.82, 2.24) is 0 Å². The van der Waals surface area contributed by atoms with Crippen LogP contribution in [0.2, 0.25) is 0 Å². The summed E-state index contributed by atoms with van der Waals surface area (Å²) < 4.78 is 16.3. The molecule has 0 aliphatic rings. The minimum Gasteiger partial charge on any atom is -0.497 e. The summed E-state index contributed by atoms with van der Waals surface area (Å²) in [5.41, 5.74) is 1.76. The Morgan fingerprint density at radius 1 is 0.952 bits per heavy atom. The van der Waals surface area contributed by atoms with Crippen molar-refractivity contribution in [3.8, 4) is 17.2 Å². The highest BCUT2D eigenvalue weighted by atomic mass is 35.5. The molecule has 2 rings (SSSR count). The molecule has 0 aromatic heterocycles. The fraction of sp³-hybridized carbons (Fsp3) is 0.294. The molecule has 0 radical (unpaired) electrons. The second-order valence-electron chi connectivity index (χ2n) is 4.44. The third-order valence-corrected chi connectivity index (χ3v) is 3.67. The van der Waals surface area contributed by atoms with Crippen molar-refractivity contribution < 1.29 is 14.2 Å². The van der Waals surface area contributed by atoms with Gasteiger partial charge in [0.05, 0.1) is 26.2 Å². The summed E-state index contributed by atoms with van der Waals surface area (Å²) in [6.45, 7) is 2.54. The predicted molar refractivity (Wildman–Crippen MR) is 84.9 cm³/mol. The third kappa shape index (κ3) is 3.42. The molecule has 0 amide bonds. The fourth-order valence-corrected chi connectivity index (χ4v) is 2.53. The molecule has 0 spiro atoms. The lowest BCUT2D eigenvalue weighted by Crippen LogP contribution is -2.02. The molecule has 1 unspecified atom stereocenters. The quantitative estimate of drug-likeness (QED) is 0.739. The van der Waals surface area contributed by atoms with E-state index in [1.54, 1.807) is 14.2 Å². The van der Waals surface area contributed by atoms with E-state index in [0.29, 0.717) is 6.61 Å². The van der Waals surface area contributed by atoms with Crippen LogP contribution in [0.15, 0.2) is 42.5 Å². The Bertz CT molecular complexity index is 598. The number of hydrogen-bond donors (Lipinski definition) is 0. The van der Waals surface area contributed by atoms with Crippen LogP contribution in [0.3, 0.4) is 0 Å². The Kier molecular flexibility index (Phi) is 5.34. The summed E-state index contributed by atoms with van der Waals surface area (Å²) in [4.78, 5) is 0. The molecular formula is C17H19ClO3. The van der Waals surface area contributed by atoms with Crippen LogP contribution in [0, 0.1) is 0 Å². The lowest BCUT2D eigenvalue weighted by molar-refractivity contribution is 0.336. The molecule has 4 heteroatoms. The van der Waals surface area contributed by atoms with Crippen LogP contribution in [-0.4, -0.2) is 20.8 Å². The van der Waals surface area contributed by atoms with Gasteiger partial charge in [-0.3, -0.25) is 0 Å². The Morgan fingerprint density at radius 3 is 2.38 bits per heavy atom. The van der Waals surface area contributed by atoms with E-state index in [1.165, 1.54) is 0 Å². The van der Waals surface area contributed by atoms with Gasteiger partial charge in [0.25, 0.3) is 0 Å². The largest absolute Gasteiger partial charge is 0.497 e. The monoisotopic (exact) mass is 306 g/mol. The Balaban J connectivity index is 2.46. The zero-order valence-electron chi connectivity index (χ0n) is 12.4. The zero-order chi connectivity index (χ0) is 15.2. The molecule has 112 valence electrons. The van der Waals surface area contributed by atoms with Crippen LogP contribution in [-0.2, 0) is 0 Å². The van der Waals surface area contributed by atoms with Crippen molar-refractivity contribution in [1.29, 1.82) is 0 Å². The maximum atomic E-state index is 6.67. The average Bonchev–Trinajstić information content (AvgIpc) is 2.54. The van der Waals surface area contributed by atoms with Crippen LogP contribution in [0.1, 0.15) is 23.4 Å². The Hall–Kier alpha value is -1.87. The first kappa shape index (κ1) is 15.5. The standard InChI is InChI=1S/C17H19ClO3/c1-4-21-16-8-6-5-7-13(16)17(18)14-11-12(19-2)9-10-15(14)20-3/h5-11,17H,4H2,1-3H3. The number of methoxy groups -OCH3 is 2. The normalized spacial score (nSPS) is 11.8. The molecule has 2 aromatic carbocycles. The van der Waals surface area contributed by atoms with Crippen molar-refractivity contribution in [2.45, 2.75) is 12.3 Å². The Morgan fingerprint density at radius 2 is 1.71 bits per heavy atom. The maximum absolute atomic E-state index is 6.67. The van der Waals surface area contributed by atoms with Crippen molar-refractivity contribution >= 4 is 11.6 Å². The first-order chi connectivity index (χ1) is 10.2. The lowest BCUT2D eigenvalue weighted by atomic mass is 10.0. The molecule has 0 fully saturated rings. The van der Waals surface area contributed by atoms with E-state index in [4.69, 9.17) is 25.8 Å². The smallest absolute Gasteiger partial charge is 0.124 e. The molecule has 0 bridgehead atoms. The highest BCUT2D eigenvalue weighted by Gasteiger charge is 2.20. The van der Waals surface area contributed by atoms with E-state index in [2.05, 4.69) is 0 Å². The van der Waals surface area contributed by atoms with Crippen LogP contribution in [0.25, 0.3) is 0 Å². The summed E-state index contributed by atoms with van der Waals surface area (Å²) >= 11 is 6.67. The highest BCUT2D eigenvalue weighted by Crippen LogP contribution is 2.40. The van der Waals surface area contributed by atoms with Crippen molar-refractivity contribution in [3.05, 3.63) is 53.6 Å². The van der Waals surface area contributed by atoms with Gasteiger partial charge in [-0.05, 0) is 31.2 Å². The van der Waals surface area contributed by atoms with Gasteiger partial charge >= 0.3 is 0 Å². The molecular weight excluding hydrogens is 288 g/mol. The number of ether oxygens (including phenoxy) is 3. The molecule has 0 aliphatic carbocycles. The van der Waals surface area contributed by atoms with Gasteiger partial charge in [-0.1, -0.05) is 18.2 Å². The molecule has 3 nitrogen and oxygen atoms in total. The van der Waals surface area contributed by atoms with Gasteiger partial charge in [-0.2, -0.15) is 0 Å². The van der Waals surface area contributed by atoms with Gasteiger partial charge < -0.3 is 14.2 Å². The SMILES string of the molecule is CCOc1ccccc1C(Cl)c1cc(OC)ccc1OC. The first-order valence-corrected chi connectivity index (χ1v) is 7.22. The van der Waals surface area contributed by atoms with E-state index in [-0.39, 0.29) is 5.38 Å². The van der Waals surface area contributed by atoms with Crippen molar-refractivity contribution in [2.24, 2.45) is 0 Å². The van der Waals surface area contributed by atoms with E-state index in [9.17, 15) is 0 Å². The first-order valence-electron chi connectivity index (χ1n) is 6.79. The molecule has 0 saturated heterocycles. The summed E-state index contributed by atoms with van der Waals surface area (Å²) in [7, 11) is 3.26. The zero-order valence-corrected chi connectivity index (χ0v) is 13.2. The van der Waals surface area contributed by atoms with E-state index in [1.807, 2.05) is 49.4 Å². The maximum Gasteiger partial charge on any atom is 0.124 e. The van der Waals surface area contributed by atoms with Gasteiger partial charge in [0.2, 0.25) is 0 Å². The van der Waals surface area contributed by atoms with Crippen molar-refractivity contribution in [3.63, 3.8) is 0 Å². The third-order valence-electron chi connectivity index (χ3n) is 3.20. The molecule has 2 aromatic rings. The van der Waals surface area contributed by atoms with Crippen molar-refractivity contribution in [2.75, 3.05) is 20.8 Å². The summed E-state index contributed by atoms with van der Waals surface area (Å²) in [5, 5.41) is -0.377. The number of rotatable bonds is 6. The summed E-state index contributed by atoms with van der Waals surface area (Å²) in [5.74, 6) is 2.25. The minimum absolute atomic E-state index is 0.377. The van der Waals surface area contributed by atoms with E-state index < -0.39 is 0 Å². The molecule has 0 heterocycles. The van der Waals surface area contributed by atoms with Crippen LogP contribution < -0.4 is 14.2 Å². The lowest BCUT2D eigenvalue weighted by Gasteiger charge is -2.18. The second kappa shape index (κ2) is 7.23. The predicted octanol–water partition coefficient (Wildman–Crippen LogP) is 4.43. The summed E-state index contributed by atoms with van der Waals surface area (Å²) in [6, 6.07) is 13.3. The Labute approximate surface area is 130 Å². The van der Waals surface area contributed by atoms with Gasteiger partial charge in [0, 0.05) is 11.1 Å². The number of benzene rings is 2. The molecule has 1 atom stereocenters. The molecule has 0 N–H and O–H groups in total. The van der Waals surface area contributed by atoms with Gasteiger partial charge in [-0.25, -0.2) is 0 Å². The second-order valence-corrected chi connectivity index (χ2v) is 4.88. The molecule has 0 saturated carbocycles. The topological polar surface area (TPSA) is 27.7 Å².